The maximum atomic E-state index is 14.3. The molecule has 3 aromatic rings. The monoisotopic (exact) mass is 306 g/mol. The van der Waals surface area contributed by atoms with Gasteiger partial charge in [-0.25, -0.2) is 13.8 Å². The first-order valence-electron chi connectivity index (χ1n) is 6.52. The van der Waals surface area contributed by atoms with Crippen LogP contribution in [0, 0.1) is 25.5 Å². The Hall–Kier alpha value is -1.94. The van der Waals surface area contributed by atoms with E-state index in [4.69, 9.17) is 11.6 Å². The van der Waals surface area contributed by atoms with Gasteiger partial charge in [0.25, 0.3) is 0 Å². The molecule has 3 rings (SSSR count). The van der Waals surface area contributed by atoms with Crippen LogP contribution in [0.5, 0.6) is 0 Å². The summed E-state index contributed by atoms with van der Waals surface area (Å²) in [5.74, 6) is -0.0885. The standard InChI is InChI=1S/C16H13ClF2N2/c1-9-4-3-5-11(18)16(9)21-14-6-10(2)12(19)7-13(14)20-15(21)8-17/h3-7H,8H2,1-2H3. The molecule has 1 heterocycles. The molecule has 0 radical (unpaired) electrons. The van der Waals surface area contributed by atoms with E-state index >= 15 is 0 Å². The van der Waals surface area contributed by atoms with Crippen LogP contribution in [-0.4, -0.2) is 9.55 Å². The van der Waals surface area contributed by atoms with Gasteiger partial charge < -0.3 is 0 Å². The molecule has 108 valence electrons. The van der Waals surface area contributed by atoms with Gasteiger partial charge in [-0.05, 0) is 37.1 Å². The van der Waals surface area contributed by atoms with Crippen molar-refractivity contribution in [3.8, 4) is 5.69 Å². The molecule has 2 nitrogen and oxygen atoms in total. The molecule has 0 aliphatic rings. The predicted molar refractivity (Wildman–Crippen MR) is 80.0 cm³/mol. The van der Waals surface area contributed by atoms with Crippen LogP contribution >= 0.6 is 11.6 Å². The van der Waals surface area contributed by atoms with Crippen molar-refractivity contribution in [3.05, 3.63) is 58.9 Å². The van der Waals surface area contributed by atoms with Crippen molar-refractivity contribution in [1.82, 2.24) is 9.55 Å². The molecule has 0 aliphatic heterocycles. The van der Waals surface area contributed by atoms with Crippen molar-refractivity contribution in [1.29, 1.82) is 0 Å². The third kappa shape index (κ3) is 2.20. The Morgan fingerprint density at radius 3 is 2.52 bits per heavy atom. The van der Waals surface area contributed by atoms with Gasteiger partial charge in [0, 0.05) is 6.07 Å². The molecule has 0 N–H and O–H groups in total. The van der Waals surface area contributed by atoms with Crippen LogP contribution in [0.15, 0.2) is 30.3 Å². The van der Waals surface area contributed by atoms with Crippen molar-refractivity contribution in [2.45, 2.75) is 19.7 Å². The number of aryl methyl sites for hydroxylation is 2. The van der Waals surface area contributed by atoms with E-state index in [2.05, 4.69) is 4.98 Å². The van der Waals surface area contributed by atoms with Gasteiger partial charge in [0.2, 0.25) is 0 Å². The molecular formula is C16H13ClF2N2. The van der Waals surface area contributed by atoms with Gasteiger partial charge in [-0.15, -0.1) is 11.6 Å². The summed E-state index contributed by atoms with van der Waals surface area (Å²) in [5.41, 5.74) is 2.78. The molecule has 21 heavy (non-hydrogen) atoms. The van der Waals surface area contributed by atoms with E-state index in [0.29, 0.717) is 28.1 Å². The second-order valence-electron chi connectivity index (χ2n) is 4.99. The lowest BCUT2D eigenvalue weighted by atomic mass is 10.1. The second-order valence-corrected chi connectivity index (χ2v) is 5.26. The van der Waals surface area contributed by atoms with Crippen LogP contribution in [0.3, 0.4) is 0 Å². The molecule has 2 aromatic carbocycles. The van der Waals surface area contributed by atoms with Gasteiger partial charge in [-0.2, -0.15) is 0 Å². The van der Waals surface area contributed by atoms with Crippen molar-refractivity contribution >= 4 is 22.6 Å². The first-order chi connectivity index (χ1) is 10.0. The number of fused-ring (bicyclic) bond motifs is 1. The van der Waals surface area contributed by atoms with Crippen molar-refractivity contribution < 1.29 is 8.78 Å². The van der Waals surface area contributed by atoms with Crippen molar-refractivity contribution in [3.63, 3.8) is 0 Å². The second kappa shape index (κ2) is 5.11. The average molecular weight is 307 g/mol. The first-order valence-corrected chi connectivity index (χ1v) is 7.05. The third-order valence-corrected chi connectivity index (χ3v) is 3.78. The molecular weight excluding hydrogens is 294 g/mol. The molecule has 0 saturated heterocycles. The number of hydrogen-bond donors (Lipinski definition) is 0. The fourth-order valence-corrected chi connectivity index (χ4v) is 2.68. The van der Waals surface area contributed by atoms with Crippen LogP contribution in [0.1, 0.15) is 17.0 Å². The van der Waals surface area contributed by atoms with E-state index in [9.17, 15) is 8.78 Å². The zero-order chi connectivity index (χ0) is 15.1. The Kier molecular flexibility index (Phi) is 3.41. The van der Waals surface area contributed by atoms with E-state index in [1.54, 1.807) is 23.6 Å². The topological polar surface area (TPSA) is 17.8 Å². The molecule has 0 amide bonds. The number of aromatic nitrogens is 2. The summed E-state index contributed by atoms with van der Waals surface area (Å²) >= 11 is 5.94. The predicted octanol–water partition coefficient (Wildman–Crippen LogP) is 4.66. The Morgan fingerprint density at radius 2 is 1.86 bits per heavy atom. The molecule has 0 fully saturated rings. The van der Waals surface area contributed by atoms with Gasteiger partial charge in [0.15, 0.2) is 0 Å². The van der Waals surface area contributed by atoms with E-state index in [1.807, 2.05) is 13.0 Å². The molecule has 0 saturated carbocycles. The summed E-state index contributed by atoms with van der Waals surface area (Å²) < 4.78 is 29.6. The Morgan fingerprint density at radius 1 is 1.10 bits per heavy atom. The number of imidazole rings is 1. The number of benzene rings is 2. The van der Waals surface area contributed by atoms with Crippen LogP contribution in [0.2, 0.25) is 0 Å². The zero-order valence-corrected chi connectivity index (χ0v) is 12.4. The molecule has 0 aliphatic carbocycles. The molecule has 0 spiro atoms. The number of para-hydroxylation sites is 1. The molecule has 1 aromatic heterocycles. The number of rotatable bonds is 2. The van der Waals surface area contributed by atoms with E-state index in [-0.39, 0.29) is 17.5 Å². The minimum atomic E-state index is -0.359. The average Bonchev–Trinajstić information content (AvgIpc) is 2.77. The van der Waals surface area contributed by atoms with Gasteiger partial charge in [-0.3, -0.25) is 4.57 Å². The quantitative estimate of drug-likeness (QED) is 0.630. The highest BCUT2D eigenvalue weighted by Gasteiger charge is 2.17. The van der Waals surface area contributed by atoms with Gasteiger partial charge >= 0.3 is 0 Å². The zero-order valence-electron chi connectivity index (χ0n) is 11.6. The summed E-state index contributed by atoms with van der Waals surface area (Å²) in [4.78, 5) is 4.32. The SMILES string of the molecule is Cc1cc2c(cc1F)nc(CCl)n2-c1c(C)cccc1F. The highest BCUT2D eigenvalue weighted by molar-refractivity contribution is 6.17. The summed E-state index contributed by atoms with van der Waals surface area (Å²) in [6.07, 6.45) is 0. The molecule has 0 atom stereocenters. The Labute approximate surface area is 126 Å². The maximum absolute atomic E-state index is 14.3. The van der Waals surface area contributed by atoms with Crippen LogP contribution in [0.25, 0.3) is 16.7 Å². The lowest BCUT2D eigenvalue weighted by Gasteiger charge is -2.12. The number of alkyl halides is 1. The highest BCUT2D eigenvalue weighted by atomic mass is 35.5. The highest BCUT2D eigenvalue weighted by Crippen LogP contribution is 2.28. The van der Waals surface area contributed by atoms with Crippen LogP contribution < -0.4 is 0 Å². The van der Waals surface area contributed by atoms with E-state index in [1.165, 1.54) is 12.1 Å². The number of halogens is 3. The Bertz CT molecular complexity index is 820. The first kappa shape index (κ1) is 14.0. The lowest BCUT2D eigenvalue weighted by molar-refractivity contribution is 0.615. The fraction of sp³-hybridized carbons (Fsp3) is 0.188. The summed E-state index contributed by atoms with van der Waals surface area (Å²) in [7, 11) is 0. The van der Waals surface area contributed by atoms with Crippen molar-refractivity contribution in [2.24, 2.45) is 0 Å². The molecule has 0 unspecified atom stereocenters. The van der Waals surface area contributed by atoms with Crippen molar-refractivity contribution in [2.75, 3.05) is 0 Å². The van der Waals surface area contributed by atoms with Crippen LogP contribution in [0.4, 0.5) is 8.78 Å². The normalized spacial score (nSPS) is 11.3. The fourth-order valence-electron chi connectivity index (χ4n) is 2.50. The summed E-state index contributed by atoms with van der Waals surface area (Å²) in [6.45, 7) is 3.49. The van der Waals surface area contributed by atoms with Crippen LogP contribution in [-0.2, 0) is 5.88 Å². The minimum Gasteiger partial charge on any atom is -0.292 e. The largest absolute Gasteiger partial charge is 0.292 e. The molecule has 0 bridgehead atoms. The smallest absolute Gasteiger partial charge is 0.147 e. The minimum absolute atomic E-state index is 0.114. The van der Waals surface area contributed by atoms with E-state index in [0.717, 1.165) is 5.56 Å². The maximum Gasteiger partial charge on any atom is 0.147 e. The summed E-state index contributed by atoms with van der Waals surface area (Å²) in [6, 6.07) is 7.88. The number of nitrogens with zero attached hydrogens (tertiary/aromatic N) is 2. The van der Waals surface area contributed by atoms with Gasteiger partial charge in [0.1, 0.15) is 17.5 Å². The number of hydrogen-bond acceptors (Lipinski definition) is 1. The van der Waals surface area contributed by atoms with E-state index < -0.39 is 0 Å². The van der Waals surface area contributed by atoms with Gasteiger partial charge in [-0.1, -0.05) is 12.1 Å². The summed E-state index contributed by atoms with van der Waals surface area (Å²) in [5, 5.41) is 0. The van der Waals surface area contributed by atoms with Gasteiger partial charge in [0.05, 0.1) is 22.6 Å². The lowest BCUT2D eigenvalue weighted by Crippen LogP contribution is -2.04. The Balaban J connectivity index is 2.43. The third-order valence-electron chi connectivity index (χ3n) is 3.54. The molecule has 5 heteroatoms.